The minimum absolute atomic E-state index is 0. The molecule has 2 N–H and O–H groups in total. The van der Waals surface area contributed by atoms with Crippen LogP contribution < -0.4 is 5.32 Å². The molecule has 0 saturated carbocycles. The minimum Gasteiger partial charge on any atom is -0.465 e. The molecule has 1 fully saturated rings. The van der Waals surface area contributed by atoms with Gasteiger partial charge in [0.25, 0.3) is 0 Å². The van der Waals surface area contributed by atoms with Crippen LogP contribution >= 0.6 is 12.4 Å². The van der Waals surface area contributed by atoms with Gasteiger partial charge >= 0.3 is 12.1 Å². The van der Waals surface area contributed by atoms with Crippen LogP contribution in [0.1, 0.15) is 52.0 Å². The summed E-state index contributed by atoms with van der Waals surface area (Å²) in [6, 6.07) is 31.4. The van der Waals surface area contributed by atoms with Crippen molar-refractivity contribution in [2.45, 2.75) is 24.9 Å². The van der Waals surface area contributed by atoms with Gasteiger partial charge in [-0.25, -0.2) is 9.59 Å². The van der Waals surface area contributed by atoms with E-state index in [9.17, 15) is 14.7 Å². The average Bonchev–Trinajstić information content (AvgIpc) is 3.35. The van der Waals surface area contributed by atoms with Gasteiger partial charge in [0, 0.05) is 31.0 Å². The van der Waals surface area contributed by atoms with Crippen molar-refractivity contribution in [2.24, 2.45) is 5.92 Å². The Morgan fingerprint density at radius 2 is 1.62 bits per heavy atom. The molecule has 7 heteroatoms. The lowest BCUT2D eigenvalue weighted by molar-refractivity contribution is 0.0595. The van der Waals surface area contributed by atoms with E-state index in [1.807, 2.05) is 42.5 Å². The molecule has 1 aliphatic heterocycles. The molecule has 0 aromatic heterocycles. The smallest absolute Gasteiger partial charge is 0.407 e. The Bertz CT molecular complexity index is 1440. The molecule has 0 aliphatic carbocycles. The molecule has 39 heavy (non-hydrogen) atoms. The molecule has 4 aromatic rings. The zero-order chi connectivity index (χ0) is 26.6. The van der Waals surface area contributed by atoms with Crippen LogP contribution in [0.25, 0.3) is 10.8 Å². The van der Waals surface area contributed by atoms with E-state index < -0.39 is 18.1 Å². The van der Waals surface area contributed by atoms with Crippen LogP contribution in [0.5, 0.6) is 0 Å². The summed E-state index contributed by atoms with van der Waals surface area (Å²) in [5.74, 6) is -0.628. The number of fused-ring (bicyclic) bond motifs is 1. The topological polar surface area (TPSA) is 78.9 Å². The van der Waals surface area contributed by atoms with E-state index in [2.05, 4.69) is 54.7 Å². The fourth-order valence-electron chi connectivity index (χ4n) is 5.92. The van der Waals surface area contributed by atoms with Crippen molar-refractivity contribution in [3.8, 4) is 0 Å². The summed E-state index contributed by atoms with van der Waals surface area (Å²) in [5, 5.41) is 16.4. The largest absolute Gasteiger partial charge is 0.465 e. The van der Waals surface area contributed by atoms with E-state index in [1.165, 1.54) is 28.3 Å². The Kier molecular flexibility index (Phi) is 8.90. The highest BCUT2D eigenvalue weighted by Crippen LogP contribution is 2.46. The van der Waals surface area contributed by atoms with Crippen LogP contribution in [0, 0.1) is 5.92 Å². The van der Waals surface area contributed by atoms with Gasteiger partial charge in [-0.15, -0.1) is 12.4 Å². The SMILES string of the molecule is COC(=O)c1ccccc1C1[C@H](CN[C@H](C)c2cccc3ccccc23)[C@@H](c2ccccc2)CN1C(=O)O.Cl. The number of rotatable bonds is 7. The summed E-state index contributed by atoms with van der Waals surface area (Å²) in [6.07, 6.45) is -1.000. The molecule has 5 rings (SSSR count). The zero-order valence-electron chi connectivity index (χ0n) is 22.0. The van der Waals surface area contributed by atoms with Crippen molar-refractivity contribution in [3.63, 3.8) is 0 Å². The number of halogens is 1. The third-order valence-electron chi connectivity index (χ3n) is 7.76. The van der Waals surface area contributed by atoms with Gasteiger partial charge < -0.3 is 20.1 Å². The van der Waals surface area contributed by atoms with Crippen LogP contribution in [0.15, 0.2) is 97.1 Å². The number of hydrogen-bond donors (Lipinski definition) is 2. The number of carbonyl (C=O) groups excluding carboxylic acids is 1. The molecule has 1 heterocycles. The zero-order valence-corrected chi connectivity index (χ0v) is 22.8. The van der Waals surface area contributed by atoms with Crippen LogP contribution in [0.2, 0.25) is 0 Å². The molecule has 6 nitrogen and oxygen atoms in total. The number of likely N-dealkylation sites (tertiary alicyclic amines) is 1. The van der Waals surface area contributed by atoms with E-state index >= 15 is 0 Å². The maximum Gasteiger partial charge on any atom is 0.407 e. The Balaban J connectivity index is 0.00000353. The number of esters is 1. The molecule has 1 aliphatic rings. The first-order chi connectivity index (χ1) is 18.5. The minimum atomic E-state index is -1.000. The molecule has 1 saturated heterocycles. The fourth-order valence-corrected chi connectivity index (χ4v) is 5.92. The summed E-state index contributed by atoms with van der Waals surface area (Å²) < 4.78 is 5.06. The van der Waals surface area contributed by atoms with Crippen LogP contribution in [0.3, 0.4) is 0 Å². The maximum atomic E-state index is 12.7. The summed E-state index contributed by atoms with van der Waals surface area (Å²) in [5.41, 5.74) is 3.34. The maximum absolute atomic E-state index is 12.7. The fraction of sp³-hybridized carbons (Fsp3) is 0.250. The lowest BCUT2D eigenvalue weighted by Crippen LogP contribution is -2.35. The van der Waals surface area contributed by atoms with E-state index in [4.69, 9.17) is 4.74 Å². The number of nitrogens with zero attached hydrogens (tertiary/aromatic N) is 1. The highest BCUT2D eigenvalue weighted by Gasteiger charge is 2.46. The summed E-state index contributed by atoms with van der Waals surface area (Å²) in [7, 11) is 1.35. The van der Waals surface area contributed by atoms with Gasteiger partial charge in [-0.1, -0.05) is 91.0 Å². The number of nitrogens with one attached hydrogen (secondary N) is 1. The number of benzene rings is 4. The third-order valence-corrected chi connectivity index (χ3v) is 7.76. The standard InChI is InChI=1S/C32H32N2O4.ClH/c1-21(24-18-10-14-22-13-6-7-15-25(22)24)33-19-28-29(23-11-4-3-5-12-23)20-34(32(36)37)30(28)26-16-8-9-17-27(26)31(35)38-2;/h3-18,21,28-30,33H,19-20H2,1-2H3,(H,36,37);1H/t21-,28-,29-,30?;/m1./s1. The molecular formula is C32H33ClN2O4. The van der Waals surface area contributed by atoms with E-state index in [1.54, 1.807) is 12.1 Å². The van der Waals surface area contributed by atoms with Gasteiger partial charge in [-0.05, 0) is 40.5 Å². The van der Waals surface area contributed by atoms with Gasteiger partial charge in [0.2, 0.25) is 0 Å². The van der Waals surface area contributed by atoms with Crippen molar-refractivity contribution in [3.05, 3.63) is 119 Å². The summed E-state index contributed by atoms with van der Waals surface area (Å²) in [4.78, 5) is 26.7. The van der Waals surface area contributed by atoms with E-state index in [-0.39, 0.29) is 30.3 Å². The van der Waals surface area contributed by atoms with Crippen LogP contribution in [0.4, 0.5) is 4.79 Å². The predicted molar refractivity (Wildman–Crippen MR) is 156 cm³/mol. The van der Waals surface area contributed by atoms with Crippen molar-refractivity contribution < 1.29 is 19.4 Å². The quantitative estimate of drug-likeness (QED) is 0.249. The highest BCUT2D eigenvalue weighted by atomic mass is 35.5. The molecule has 4 aromatic carbocycles. The summed E-state index contributed by atoms with van der Waals surface area (Å²) >= 11 is 0. The average molecular weight is 545 g/mol. The molecule has 0 spiro atoms. The number of methoxy groups -OCH3 is 1. The Hall–Kier alpha value is -3.87. The first-order valence-electron chi connectivity index (χ1n) is 12.9. The van der Waals surface area contributed by atoms with Gasteiger partial charge in [0.1, 0.15) is 0 Å². The monoisotopic (exact) mass is 544 g/mol. The van der Waals surface area contributed by atoms with Gasteiger partial charge in [0.05, 0.1) is 18.7 Å². The van der Waals surface area contributed by atoms with Crippen molar-refractivity contribution in [1.29, 1.82) is 0 Å². The molecule has 202 valence electrons. The van der Waals surface area contributed by atoms with Crippen LogP contribution in [-0.4, -0.2) is 42.3 Å². The van der Waals surface area contributed by atoms with Crippen molar-refractivity contribution in [2.75, 3.05) is 20.2 Å². The first-order valence-corrected chi connectivity index (χ1v) is 12.9. The van der Waals surface area contributed by atoms with Crippen LogP contribution in [-0.2, 0) is 4.74 Å². The van der Waals surface area contributed by atoms with Gasteiger partial charge in [-0.2, -0.15) is 0 Å². The molecule has 1 amide bonds. The molecular weight excluding hydrogens is 512 g/mol. The summed E-state index contributed by atoms with van der Waals surface area (Å²) in [6.45, 7) is 3.04. The lowest BCUT2D eigenvalue weighted by atomic mass is 9.81. The van der Waals surface area contributed by atoms with Crippen molar-refractivity contribution >= 4 is 35.2 Å². The lowest BCUT2D eigenvalue weighted by Gasteiger charge is -2.30. The van der Waals surface area contributed by atoms with Gasteiger partial charge in [-0.3, -0.25) is 0 Å². The number of carbonyl (C=O) groups is 2. The predicted octanol–water partition coefficient (Wildman–Crippen LogP) is 6.83. The molecule has 4 atom stereocenters. The van der Waals surface area contributed by atoms with E-state index in [0.717, 1.165) is 5.56 Å². The third kappa shape index (κ3) is 5.63. The number of carboxylic acid groups (broad SMARTS) is 1. The van der Waals surface area contributed by atoms with Gasteiger partial charge in [0.15, 0.2) is 0 Å². The van der Waals surface area contributed by atoms with Crippen molar-refractivity contribution in [1.82, 2.24) is 10.2 Å². The number of ether oxygens (including phenoxy) is 1. The normalized spacial score (nSPS) is 19.3. The van der Waals surface area contributed by atoms with E-state index in [0.29, 0.717) is 24.2 Å². The second-order valence-electron chi connectivity index (χ2n) is 9.84. The second kappa shape index (κ2) is 12.3. The molecule has 0 bridgehead atoms. The molecule has 0 radical (unpaired) electrons. The Morgan fingerprint density at radius 3 is 2.36 bits per heavy atom. The second-order valence-corrected chi connectivity index (χ2v) is 9.84. The first kappa shape index (κ1) is 28.1. The highest BCUT2D eigenvalue weighted by molar-refractivity contribution is 5.91. The number of hydrogen-bond acceptors (Lipinski definition) is 4. The molecule has 1 unspecified atom stereocenters. The number of amides is 1. The Morgan fingerprint density at radius 1 is 0.949 bits per heavy atom. The Labute approximate surface area is 235 Å².